The number of pyridine rings is 1. The maximum Gasteiger partial charge on any atom is 0.269 e. The van der Waals surface area contributed by atoms with E-state index in [2.05, 4.69) is 15.2 Å². The van der Waals surface area contributed by atoms with E-state index in [0.717, 1.165) is 31.2 Å². The zero-order chi connectivity index (χ0) is 23.2. The number of amides is 2. The van der Waals surface area contributed by atoms with Gasteiger partial charge in [0.1, 0.15) is 0 Å². The zero-order valence-corrected chi connectivity index (χ0v) is 18.6. The molecule has 1 aromatic heterocycles. The summed E-state index contributed by atoms with van der Waals surface area (Å²) in [5.74, 6) is 0.236. The normalized spacial score (nSPS) is 18.1. The molecule has 1 saturated heterocycles. The molecule has 1 aliphatic carbocycles. The van der Waals surface area contributed by atoms with Crippen LogP contribution >= 0.6 is 0 Å². The molecule has 2 aliphatic rings. The van der Waals surface area contributed by atoms with Gasteiger partial charge < -0.3 is 10.2 Å². The monoisotopic (exact) mass is 451 g/mol. The number of carbonyl (C=O) groups excluding carboxylic acids is 2. The zero-order valence-electron chi connectivity index (χ0n) is 18.6. The van der Waals surface area contributed by atoms with Crippen LogP contribution in [0.4, 0.5) is 5.69 Å². The lowest BCUT2D eigenvalue weighted by atomic mass is 9.95. The summed E-state index contributed by atoms with van der Waals surface area (Å²) in [7, 11) is 0. The highest BCUT2D eigenvalue weighted by Gasteiger charge is 2.37. The number of nitro benzene ring substituents is 1. The molecule has 33 heavy (non-hydrogen) atoms. The number of aromatic nitrogens is 1. The number of carbonyl (C=O) groups is 2. The number of nitrogens with zero attached hydrogens (tertiary/aromatic N) is 4. The van der Waals surface area contributed by atoms with Crippen molar-refractivity contribution in [2.45, 2.75) is 38.3 Å². The molecule has 2 amide bonds. The molecule has 1 atom stereocenters. The van der Waals surface area contributed by atoms with Gasteiger partial charge in [-0.05, 0) is 42.5 Å². The second-order valence-corrected chi connectivity index (χ2v) is 8.70. The van der Waals surface area contributed by atoms with E-state index in [1.165, 1.54) is 24.3 Å². The standard InChI is InChI=1S/C24H29N5O4/c30-23(26-17-18-4-3-11-25-16-18)22(19-5-1-2-6-19)27-12-14-28(15-13-27)24(31)20-7-9-21(10-8-20)29(32)33/h3-4,7-11,16,19,22H,1-2,5-6,12-15,17H2,(H,26,30). The lowest BCUT2D eigenvalue weighted by Crippen LogP contribution is -2.57. The SMILES string of the molecule is O=C(NCc1cccnc1)C(C1CCCC1)N1CCN(C(=O)c2ccc([N+](=O)[O-])cc2)CC1. The summed E-state index contributed by atoms with van der Waals surface area (Å²) in [6.45, 7) is 2.75. The predicted octanol–water partition coefficient (Wildman–Crippen LogP) is 2.62. The Morgan fingerprint density at radius 1 is 1.09 bits per heavy atom. The topological polar surface area (TPSA) is 109 Å². The van der Waals surface area contributed by atoms with Gasteiger partial charge in [-0.15, -0.1) is 0 Å². The molecule has 1 saturated carbocycles. The van der Waals surface area contributed by atoms with Crippen LogP contribution in [0, 0.1) is 16.0 Å². The van der Waals surface area contributed by atoms with Crippen molar-refractivity contribution in [2.75, 3.05) is 26.2 Å². The number of benzene rings is 1. The Kier molecular flexibility index (Phi) is 7.29. The van der Waals surface area contributed by atoms with Crippen molar-refractivity contribution < 1.29 is 14.5 Å². The van der Waals surface area contributed by atoms with E-state index in [-0.39, 0.29) is 23.5 Å². The number of rotatable bonds is 7. The van der Waals surface area contributed by atoms with E-state index in [0.29, 0.717) is 44.2 Å². The van der Waals surface area contributed by atoms with Gasteiger partial charge in [0.15, 0.2) is 0 Å². The van der Waals surface area contributed by atoms with Crippen molar-refractivity contribution in [1.29, 1.82) is 0 Å². The summed E-state index contributed by atoms with van der Waals surface area (Å²) in [6, 6.07) is 9.32. The maximum atomic E-state index is 13.2. The average Bonchev–Trinajstić information content (AvgIpc) is 3.38. The van der Waals surface area contributed by atoms with E-state index < -0.39 is 4.92 Å². The van der Waals surface area contributed by atoms with Crippen LogP contribution in [0.15, 0.2) is 48.8 Å². The predicted molar refractivity (Wildman–Crippen MR) is 122 cm³/mol. The molecule has 2 fully saturated rings. The summed E-state index contributed by atoms with van der Waals surface area (Å²) in [4.78, 5) is 44.5. The third-order valence-electron chi connectivity index (χ3n) is 6.62. The second-order valence-electron chi connectivity index (χ2n) is 8.70. The first-order chi connectivity index (χ1) is 16.0. The summed E-state index contributed by atoms with van der Waals surface area (Å²) in [6.07, 6.45) is 7.86. The minimum atomic E-state index is -0.477. The molecule has 1 unspecified atom stereocenters. The van der Waals surface area contributed by atoms with E-state index >= 15 is 0 Å². The van der Waals surface area contributed by atoms with E-state index in [9.17, 15) is 19.7 Å². The van der Waals surface area contributed by atoms with Crippen molar-refractivity contribution in [3.05, 3.63) is 70.0 Å². The fourth-order valence-corrected chi connectivity index (χ4v) is 4.86. The summed E-state index contributed by atoms with van der Waals surface area (Å²) < 4.78 is 0. The molecular weight excluding hydrogens is 422 g/mol. The first-order valence-electron chi connectivity index (χ1n) is 11.5. The second kappa shape index (κ2) is 10.5. The quantitative estimate of drug-likeness (QED) is 0.512. The Labute approximate surface area is 192 Å². The highest BCUT2D eigenvalue weighted by Crippen LogP contribution is 2.31. The smallest absolute Gasteiger partial charge is 0.269 e. The molecule has 0 bridgehead atoms. The third kappa shape index (κ3) is 5.54. The van der Waals surface area contributed by atoms with E-state index in [1.54, 1.807) is 17.3 Å². The van der Waals surface area contributed by atoms with Crippen LogP contribution in [0.2, 0.25) is 0 Å². The molecule has 0 radical (unpaired) electrons. The van der Waals surface area contributed by atoms with Gasteiger partial charge in [0, 0.05) is 62.8 Å². The number of hydrogen-bond acceptors (Lipinski definition) is 6. The van der Waals surface area contributed by atoms with Gasteiger partial charge >= 0.3 is 0 Å². The molecule has 1 aliphatic heterocycles. The molecular formula is C24H29N5O4. The van der Waals surface area contributed by atoms with Gasteiger partial charge in [0.2, 0.25) is 5.91 Å². The van der Waals surface area contributed by atoms with Gasteiger partial charge in [-0.3, -0.25) is 29.6 Å². The number of non-ortho nitro benzene ring substituents is 1. The Morgan fingerprint density at radius 2 is 1.79 bits per heavy atom. The van der Waals surface area contributed by atoms with Crippen molar-refractivity contribution in [3.63, 3.8) is 0 Å². The highest BCUT2D eigenvalue weighted by atomic mass is 16.6. The fourth-order valence-electron chi connectivity index (χ4n) is 4.86. The van der Waals surface area contributed by atoms with Gasteiger partial charge in [-0.2, -0.15) is 0 Å². The van der Waals surface area contributed by atoms with E-state index in [1.807, 2.05) is 12.1 Å². The van der Waals surface area contributed by atoms with Gasteiger partial charge in [-0.25, -0.2) is 0 Å². The van der Waals surface area contributed by atoms with Crippen LogP contribution in [-0.4, -0.2) is 63.7 Å². The first kappa shape index (κ1) is 22.8. The lowest BCUT2D eigenvalue weighted by molar-refractivity contribution is -0.384. The average molecular weight is 452 g/mol. The molecule has 9 heteroatoms. The molecule has 1 N–H and O–H groups in total. The van der Waals surface area contributed by atoms with Crippen LogP contribution in [0.1, 0.15) is 41.6 Å². The summed E-state index contributed by atoms with van der Waals surface area (Å²) in [5, 5.41) is 13.9. The Balaban J connectivity index is 1.37. The third-order valence-corrected chi connectivity index (χ3v) is 6.62. The van der Waals surface area contributed by atoms with Crippen LogP contribution in [0.5, 0.6) is 0 Å². The Morgan fingerprint density at radius 3 is 2.39 bits per heavy atom. The molecule has 1 aromatic carbocycles. The van der Waals surface area contributed by atoms with Crippen LogP contribution < -0.4 is 5.32 Å². The maximum absolute atomic E-state index is 13.2. The van der Waals surface area contributed by atoms with Crippen LogP contribution in [0.3, 0.4) is 0 Å². The first-order valence-corrected chi connectivity index (χ1v) is 11.5. The van der Waals surface area contributed by atoms with Crippen LogP contribution in [0.25, 0.3) is 0 Å². The van der Waals surface area contributed by atoms with Gasteiger partial charge in [0.25, 0.3) is 11.6 Å². The van der Waals surface area contributed by atoms with Gasteiger partial charge in [-0.1, -0.05) is 18.9 Å². The highest BCUT2D eigenvalue weighted by molar-refractivity contribution is 5.94. The molecule has 174 valence electrons. The summed E-state index contributed by atoms with van der Waals surface area (Å²) >= 11 is 0. The number of piperazine rings is 1. The number of hydrogen-bond donors (Lipinski definition) is 1. The lowest BCUT2D eigenvalue weighted by Gasteiger charge is -2.40. The van der Waals surface area contributed by atoms with Crippen molar-refractivity contribution in [3.8, 4) is 0 Å². The minimum Gasteiger partial charge on any atom is -0.351 e. The summed E-state index contributed by atoms with van der Waals surface area (Å²) in [5.41, 5.74) is 1.37. The number of nitrogens with one attached hydrogen (secondary N) is 1. The van der Waals surface area contributed by atoms with Crippen LogP contribution in [-0.2, 0) is 11.3 Å². The molecule has 4 rings (SSSR count). The minimum absolute atomic E-state index is 0.0342. The molecule has 0 spiro atoms. The largest absolute Gasteiger partial charge is 0.351 e. The molecule has 2 aromatic rings. The molecule has 2 heterocycles. The fraction of sp³-hybridized carbons (Fsp3) is 0.458. The Bertz CT molecular complexity index is 968. The van der Waals surface area contributed by atoms with Crippen molar-refractivity contribution in [2.24, 2.45) is 5.92 Å². The molecule has 9 nitrogen and oxygen atoms in total. The van der Waals surface area contributed by atoms with Gasteiger partial charge in [0.05, 0.1) is 11.0 Å². The van der Waals surface area contributed by atoms with Crippen molar-refractivity contribution >= 4 is 17.5 Å². The number of nitro groups is 1. The Hall–Kier alpha value is -3.33. The van der Waals surface area contributed by atoms with E-state index in [4.69, 9.17) is 0 Å². The van der Waals surface area contributed by atoms with Crippen molar-refractivity contribution in [1.82, 2.24) is 20.1 Å².